The normalized spacial score (nSPS) is 26.7. The molecule has 4 heteroatoms. The SMILES string of the molecule is CCc1cc2n(c(=O)c1Br)CC1CNCC2C1. The lowest BCUT2D eigenvalue weighted by atomic mass is 9.84. The molecule has 1 aromatic rings. The van der Waals surface area contributed by atoms with Crippen LogP contribution in [0, 0.1) is 5.92 Å². The quantitative estimate of drug-likeness (QED) is 0.859. The van der Waals surface area contributed by atoms with Gasteiger partial charge in [-0.2, -0.15) is 0 Å². The summed E-state index contributed by atoms with van der Waals surface area (Å²) in [6.45, 7) is 5.04. The van der Waals surface area contributed by atoms with Gasteiger partial charge in [-0.25, -0.2) is 0 Å². The lowest BCUT2D eigenvalue weighted by molar-refractivity contribution is 0.256. The molecule has 2 aliphatic heterocycles. The Morgan fingerprint density at radius 3 is 3.12 bits per heavy atom. The van der Waals surface area contributed by atoms with E-state index in [1.165, 1.54) is 12.1 Å². The van der Waals surface area contributed by atoms with E-state index in [9.17, 15) is 4.79 Å². The number of aromatic nitrogens is 1. The summed E-state index contributed by atoms with van der Waals surface area (Å²) in [6, 6.07) is 2.22. The van der Waals surface area contributed by atoms with Crippen LogP contribution in [0.3, 0.4) is 0 Å². The monoisotopic (exact) mass is 296 g/mol. The highest BCUT2D eigenvalue weighted by molar-refractivity contribution is 9.10. The highest BCUT2D eigenvalue weighted by Gasteiger charge is 2.31. The smallest absolute Gasteiger partial charge is 0.265 e. The molecular formula is C13H17BrN2O. The van der Waals surface area contributed by atoms with Gasteiger partial charge in [0, 0.05) is 24.7 Å². The van der Waals surface area contributed by atoms with Crippen LogP contribution in [0.15, 0.2) is 15.3 Å². The molecule has 17 heavy (non-hydrogen) atoms. The van der Waals surface area contributed by atoms with Crippen LogP contribution < -0.4 is 10.9 Å². The van der Waals surface area contributed by atoms with Crippen molar-refractivity contribution in [2.45, 2.75) is 32.2 Å². The number of hydrogen-bond acceptors (Lipinski definition) is 2. The lowest BCUT2D eigenvalue weighted by Crippen LogP contribution is -2.45. The Labute approximate surface area is 109 Å². The third kappa shape index (κ3) is 1.78. The predicted octanol–water partition coefficient (Wildman–Crippen LogP) is 1.88. The van der Waals surface area contributed by atoms with Crippen LogP contribution in [-0.4, -0.2) is 17.7 Å². The van der Waals surface area contributed by atoms with Crippen LogP contribution in [0.25, 0.3) is 0 Å². The van der Waals surface area contributed by atoms with Crippen molar-refractivity contribution in [2.75, 3.05) is 13.1 Å². The second kappa shape index (κ2) is 4.25. The van der Waals surface area contributed by atoms with Crippen LogP contribution in [0.5, 0.6) is 0 Å². The number of pyridine rings is 1. The van der Waals surface area contributed by atoms with Gasteiger partial charge in [0.15, 0.2) is 0 Å². The first-order valence-corrected chi connectivity index (χ1v) is 7.12. The molecule has 0 saturated carbocycles. The van der Waals surface area contributed by atoms with E-state index in [0.29, 0.717) is 11.8 Å². The Balaban J connectivity index is 2.18. The van der Waals surface area contributed by atoms with Crippen molar-refractivity contribution in [3.8, 4) is 0 Å². The van der Waals surface area contributed by atoms with Gasteiger partial charge in [0.2, 0.25) is 0 Å². The first-order chi connectivity index (χ1) is 8.20. The summed E-state index contributed by atoms with van der Waals surface area (Å²) in [7, 11) is 0. The lowest BCUT2D eigenvalue weighted by Gasteiger charge is -2.37. The molecule has 0 radical (unpaired) electrons. The van der Waals surface area contributed by atoms with Gasteiger partial charge in [-0.3, -0.25) is 4.79 Å². The zero-order valence-corrected chi connectivity index (χ0v) is 11.6. The van der Waals surface area contributed by atoms with E-state index in [2.05, 4.69) is 34.2 Å². The molecule has 2 aliphatic rings. The molecule has 1 fully saturated rings. The molecule has 3 heterocycles. The Morgan fingerprint density at radius 2 is 2.35 bits per heavy atom. The number of hydrogen-bond donors (Lipinski definition) is 1. The van der Waals surface area contributed by atoms with Gasteiger partial charge in [-0.05, 0) is 52.9 Å². The Bertz CT molecular complexity index is 509. The molecule has 3 nitrogen and oxygen atoms in total. The Kier molecular flexibility index (Phi) is 2.87. The van der Waals surface area contributed by atoms with Crippen molar-refractivity contribution in [1.29, 1.82) is 0 Å². The third-order valence-electron chi connectivity index (χ3n) is 4.03. The molecule has 0 aromatic carbocycles. The van der Waals surface area contributed by atoms with E-state index < -0.39 is 0 Å². The van der Waals surface area contributed by atoms with Crippen molar-refractivity contribution in [1.82, 2.24) is 9.88 Å². The molecule has 2 unspecified atom stereocenters. The van der Waals surface area contributed by atoms with Gasteiger partial charge in [0.25, 0.3) is 5.56 Å². The number of fused-ring (bicyclic) bond motifs is 4. The molecule has 0 spiro atoms. The number of piperidine rings is 1. The summed E-state index contributed by atoms with van der Waals surface area (Å²) in [6.07, 6.45) is 2.14. The second-order valence-electron chi connectivity index (χ2n) is 5.13. The number of nitrogens with one attached hydrogen (secondary N) is 1. The minimum Gasteiger partial charge on any atom is -0.316 e. The van der Waals surface area contributed by atoms with Crippen LogP contribution in [0.4, 0.5) is 0 Å². The van der Waals surface area contributed by atoms with Gasteiger partial charge >= 0.3 is 0 Å². The molecular weight excluding hydrogens is 280 g/mol. The summed E-state index contributed by atoms with van der Waals surface area (Å²) >= 11 is 3.45. The van der Waals surface area contributed by atoms with Crippen LogP contribution >= 0.6 is 15.9 Å². The van der Waals surface area contributed by atoms with Gasteiger partial charge in [-0.1, -0.05) is 6.92 Å². The largest absolute Gasteiger partial charge is 0.316 e. The number of aryl methyl sites for hydroxylation is 1. The van der Waals surface area contributed by atoms with Crippen LogP contribution in [-0.2, 0) is 13.0 Å². The molecule has 0 amide bonds. The predicted molar refractivity (Wildman–Crippen MR) is 71.5 cm³/mol. The molecule has 92 valence electrons. The van der Waals surface area contributed by atoms with Crippen LogP contribution in [0.2, 0.25) is 0 Å². The average Bonchev–Trinajstić information content (AvgIpc) is 2.35. The topological polar surface area (TPSA) is 34.0 Å². The van der Waals surface area contributed by atoms with Crippen molar-refractivity contribution in [3.05, 3.63) is 32.2 Å². The summed E-state index contributed by atoms with van der Waals surface area (Å²) < 4.78 is 2.75. The minimum atomic E-state index is 0.163. The van der Waals surface area contributed by atoms with Crippen molar-refractivity contribution in [2.24, 2.45) is 5.92 Å². The summed E-state index contributed by atoms with van der Waals surface area (Å²) in [5, 5.41) is 3.47. The second-order valence-corrected chi connectivity index (χ2v) is 5.93. The molecule has 0 aliphatic carbocycles. The molecule has 3 rings (SSSR count). The van der Waals surface area contributed by atoms with Gasteiger partial charge < -0.3 is 9.88 Å². The Hall–Kier alpha value is -0.610. The summed E-state index contributed by atoms with van der Waals surface area (Å²) in [4.78, 5) is 12.3. The fourth-order valence-corrected chi connectivity index (χ4v) is 3.74. The van der Waals surface area contributed by atoms with Gasteiger partial charge in [0.1, 0.15) is 0 Å². The molecule has 2 atom stereocenters. The maximum atomic E-state index is 12.3. The highest BCUT2D eigenvalue weighted by atomic mass is 79.9. The van der Waals surface area contributed by atoms with E-state index >= 15 is 0 Å². The van der Waals surface area contributed by atoms with E-state index in [1.807, 2.05) is 4.57 Å². The summed E-state index contributed by atoms with van der Waals surface area (Å²) in [5.41, 5.74) is 2.54. The minimum absolute atomic E-state index is 0.163. The first kappa shape index (κ1) is 11.5. The Morgan fingerprint density at radius 1 is 1.53 bits per heavy atom. The van der Waals surface area contributed by atoms with E-state index in [0.717, 1.165) is 36.1 Å². The van der Waals surface area contributed by atoms with Gasteiger partial charge in [-0.15, -0.1) is 0 Å². The number of halogens is 1. The van der Waals surface area contributed by atoms with Crippen LogP contribution in [0.1, 0.15) is 30.5 Å². The molecule has 1 N–H and O–H groups in total. The number of rotatable bonds is 1. The van der Waals surface area contributed by atoms with Crippen molar-refractivity contribution >= 4 is 15.9 Å². The standard InChI is InChI=1S/C13H17BrN2O/c1-2-9-4-11-10-3-8(5-15-6-10)7-16(11)13(17)12(9)14/h4,8,10,15H,2-3,5-7H2,1H3. The van der Waals surface area contributed by atoms with Gasteiger partial charge in [0.05, 0.1) is 4.47 Å². The average molecular weight is 297 g/mol. The zero-order valence-electron chi connectivity index (χ0n) is 10.0. The van der Waals surface area contributed by atoms with E-state index in [4.69, 9.17) is 0 Å². The molecule has 1 aromatic heterocycles. The van der Waals surface area contributed by atoms with E-state index in [1.54, 1.807) is 0 Å². The number of nitrogens with zero attached hydrogens (tertiary/aromatic N) is 1. The third-order valence-corrected chi connectivity index (χ3v) is 4.88. The zero-order chi connectivity index (χ0) is 12.0. The first-order valence-electron chi connectivity index (χ1n) is 6.33. The maximum Gasteiger partial charge on any atom is 0.265 e. The van der Waals surface area contributed by atoms with Crippen molar-refractivity contribution < 1.29 is 0 Å². The summed E-state index contributed by atoms with van der Waals surface area (Å²) in [5.74, 6) is 1.15. The van der Waals surface area contributed by atoms with E-state index in [-0.39, 0.29) is 5.56 Å². The highest BCUT2D eigenvalue weighted by Crippen LogP contribution is 2.33. The maximum absolute atomic E-state index is 12.3. The molecule has 1 saturated heterocycles. The fraction of sp³-hybridized carbons (Fsp3) is 0.615. The fourth-order valence-electron chi connectivity index (χ4n) is 3.13. The molecule has 2 bridgehead atoms. The van der Waals surface area contributed by atoms with Crippen molar-refractivity contribution in [3.63, 3.8) is 0 Å².